The zero-order chi connectivity index (χ0) is 18.0. The van der Waals surface area contributed by atoms with Crippen molar-refractivity contribution in [3.05, 3.63) is 53.1 Å². The summed E-state index contributed by atoms with van der Waals surface area (Å²) in [5.41, 5.74) is -0.282. The van der Waals surface area contributed by atoms with Crippen LogP contribution in [0.2, 0.25) is 5.02 Å². The standard InChI is InChI=1S/C16H14ClNO6S/c17-13-6-5-11(7-12(13)16(19)20)25(21,22)18-8-10-9-23-14-3-1-2-4-15(14)24-10/h1-7,10,18H,8-9H2,(H,19,20)/t10-/m1/s1. The second-order valence-electron chi connectivity index (χ2n) is 5.30. The number of para-hydroxylation sites is 2. The van der Waals surface area contributed by atoms with Crippen molar-refractivity contribution in [3.63, 3.8) is 0 Å². The average molecular weight is 384 g/mol. The van der Waals surface area contributed by atoms with Crippen LogP contribution in [0.15, 0.2) is 47.4 Å². The van der Waals surface area contributed by atoms with Crippen LogP contribution in [0.5, 0.6) is 11.5 Å². The summed E-state index contributed by atoms with van der Waals surface area (Å²) in [4.78, 5) is 10.9. The fraction of sp³-hybridized carbons (Fsp3) is 0.188. The minimum atomic E-state index is -3.92. The normalized spacial score (nSPS) is 16.4. The molecule has 0 saturated heterocycles. The van der Waals surface area contributed by atoms with Gasteiger partial charge in [-0.1, -0.05) is 23.7 Å². The highest BCUT2D eigenvalue weighted by molar-refractivity contribution is 7.89. The third kappa shape index (κ3) is 3.87. The Morgan fingerprint density at radius 2 is 1.96 bits per heavy atom. The monoisotopic (exact) mass is 383 g/mol. The summed E-state index contributed by atoms with van der Waals surface area (Å²) in [6.45, 7) is 0.169. The van der Waals surface area contributed by atoms with Crippen LogP contribution in [0.3, 0.4) is 0 Å². The molecule has 1 heterocycles. The number of carboxylic acids is 1. The summed E-state index contributed by atoms with van der Waals surface area (Å²) < 4.78 is 38.3. The predicted octanol–water partition coefficient (Wildman–Crippen LogP) is 2.16. The smallest absolute Gasteiger partial charge is 0.337 e. The molecule has 3 rings (SSSR count). The van der Waals surface area contributed by atoms with Gasteiger partial charge in [0.25, 0.3) is 0 Å². The molecule has 0 radical (unpaired) electrons. The number of nitrogens with one attached hydrogen (secondary N) is 1. The maximum Gasteiger partial charge on any atom is 0.337 e. The molecular formula is C16H14ClNO6S. The molecule has 1 aliphatic rings. The van der Waals surface area contributed by atoms with Crippen LogP contribution < -0.4 is 14.2 Å². The van der Waals surface area contributed by atoms with Gasteiger partial charge >= 0.3 is 5.97 Å². The molecule has 0 spiro atoms. The highest BCUT2D eigenvalue weighted by Crippen LogP contribution is 2.30. The molecule has 0 unspecified atom stereocenters. The Bertz CT molecular complexity index is 915. The molecule has 2 aromatic carbocycles. The van der Waals surface area contributed by atoms with Crippen molar-refractivity contribution >= 4 is 27.6 Å². The topological polar surface area (TPSA) is 102 Å². The van der Waals surface area contributed by atoms with Crippen molar-refractivity contribution in [2.45, 2.75) is 11.0 Å². The van der Waals surface area contributed by atoms with Crippen molar-refractivity contribution < 1.29 is 27.8 Å². The Balaban J connectivity index is 1.71. The van der Waals surface area contributed by atoms with Gasteiger partial charge in [0.2, 0.25) is 10.0 Å². The molecule has 9 heteroatoms. The summed E-state index contributed by atoms with van der Waals surface area (Å²) in [5.74, 6) is -0.161. The number of sulfonamides is 1. The zero-order valence-corrected chi connectivity index (χ0v) is 14.4. The van der Waals surface area contributed by atoms with Gasteiger partial charge in [0.1, 0.15) is 12.7 Å². The molecule has 25 heavy (non-hydrogen) atoms. The van der Waals surface area contributed by atoms with Crippen LogP contribution in [0.4, 0.5) is 0 Å². The van der Waals surface area contributed by atoms with Gasteiger partial charge in [0.15, 0.2) is 11.5 Å². The minimum absolute atomic E-state index is 0.0261. The van der Waals surface area contributed by atoms with Crippen LogP contribution in [0.1, 0.15) is 10.4 Å². The first-order chi connectivity index (χ1) is 11.9. The van der Waals surface area contributed by atoms with E-state index in [2.05, 4.69) is 4.72 Å². The number of aromatic carboxylic acids is 1. The molecule has 2 N–H and O–H groups in total. The lowest BCUT2D eigenvalue weighted by Crippen LogP contribution is -2.40. The van der Waals surface area contributed by atoms with E-state index in [-0.39, 0.29) is 28.6 Å². The number of carboxylic acid groups (broad SMARTS) is 1. The van der Waals surface area contributed by atoms with Crippen LogP contribution in [0, 0.1) is 0 Å². The first-order valence-corrected chi connectivity index (χ1v) is 9.14. The average Bonchev–Trinajstić information content (AvgIpc) is 2.60. The number of rotatable bonds is 5. The number of benzene rings is 2. The number of hydrogen-bond acceptors (Lipinski definition) is 5. The molecular weight excluding hydrogens is 370 g/mol. The summed E-state index contributed by atoms with van der Waals surface area (Å²) >= 11 is 5.76. The van der Waals surface area contributed by atoms with Crippen LogP contribution >= 0.6 is 11.6 Å². The molecule has 7 nitrogen and oxygen atoms in total. The summed E-state index contributed by atoms with van der Waals surface area (Å²) in [6, 6.07) is 10.6. The molecule has 0 aromatic heterocycles. The lowest BCUT2D eigenvalue weighted by Gasteiger charge is -2.26. The number of carbonyl (C=O) groups is 1. The van der Waals surface area contributed by atoms with Gasteiger partial charge in [0, 0.05) is 0 Å². The van der Waals surface area contributed by atoms with E-state index in [4.69, 9.17) is 26.2 Å². The molecule has 0 amide bonds. The largest absolute Gasteiger partial charge is 0.486 e. The number of hydrogen-bond donors (Lipinski definition) is 2. The first-order valence-electron chi connectivity index (χ1n) is 7.28. The van der Waals surface area contributed by atoms with Crippen molar-refractivity contribution in [2.24, 2.45) is 0 Å². The van der Waals surface area contributed by atoms with E-state index in [1.165, 1.54) is 12.1 Å². The van der Waals surface area contributed by atoms with Crippen molar-refractivity contribution in [1.29, 1.82) is 0 Å². The fourth-order valence-corrected chi connectivity index (χ4v) is 3.58. The summed E-state index contributed by atoms with van der Waals surface area (Å²) in [6.07, 6.45) is -0.504. The van der Waals surface area contributed by atoms with Gasteiger partial charge < -0.3 is 14.6 Å². The fourth-order valence-electron chi connectivity index (χ4n) is 2.29. The first kappa shape index (κ1) is 17.5. The van der Waals surface area contributed by atoms with Gasteiger partial charge in [-0.25, -0.2) is 17.9 Å². The van der Waals surface area contributed by atoms with Gasteiger partial charge in [0.05, 0.1) is 22.0 Å². The van der Waals surface area contributed by atoms with E-state index in [1.807, 2.05) is 6.07 Å². The molecule has 0 bridgehead atoms. The Morgan fingerprint density at radius 1 is 1.24 bits per heavy atom. The third-order valence-electron chi connectivity index (χ3n) is 3.55. The van der Waals surface area contributed by atoms with Crippen LogP contribution in [-0.4, -0.2) is 38.7 Å². The number of fused-ring (bicyclic) bond motifs is 1. The van der Waals surface area contributed by atoms with Gasteiger partial charge in [-0.3, -0.25) is 0 Å². The maximum absolute atomic E-state index is 12.4. The van der Waals surface area contributed by atoms with E-state index in [1.54, 1.807) is 18.2 Å². The molecule has 0 saturated carbocycles. The van der Waals surface area contributed by atoms with Crippen LogP contribution in [-0.2, 0) is 10.0 Å². The third-order valence-corrected chi connectivity index (χ3v) is 5.30. The molecule has 2 aromatic rings. The van der Waals surface area contributed by atoms with Crippen molar-refractivity contribution in [1.82, 2.24) is 4.72 Å². The molecule has 0 aliphatic carbocycles. The minimum Gasteiger partial charge on any atom is -0.486 e. The Morgan fingerprint density at radius 3 is 2.68 bits per heavy atom. The highest BCUT2D eigenvalue weighted by Gasteiger charge is 2.24. The lowest BCUT2D eigenvalue weighted by molar-refractivity contribution is 0.0697. The van der Waals surface area contributed by atoms with Gasteiger partial charge in [-0.05, 0) is 30.3 Å². The van der Waals surface area contributed by atoms with E-state index in [0.717, 1.165) is 6.07 Å². The summed E-state index contributed by atoms with van der Waals surface area (Å²) in [7, 11) is -3.92. The van der Waals surface area contributed by atoms with E-state index in [9.17, 15) is 13.2 Å². The number of ether oxygens (including phenoxy) is 2. The van der Waals surface area contributed by atoms with E-state index < -0.39 is 22.1 Å². The van der Waals surface area contributed by atoms with E-state index >= 15 is 0 Å². The Kier molecular flexibility index (Phi) is 4.85. The quantitative estimate of drug-likeness (QED) is 0.820. The summed E-state index contributed by atoms with van der Waals surface area (Å²) in [5, 5.41) is 9.01. The highest BCUT2D eigenvalue weighted by atomic mass is 35.5. The maximum atomic E-state index is 12.4. The second kappa shape index (κ2) is 6.91. The zero-order valence-electron chi connectivity index (χ0n) is 12.8. The van der Waals surface area contributed by atoms with Gasteiger partial charge in [-0.2, -0.15) is 0 Å². The van der Waals surface area contributed by atoms with Crippen LogP contribution in [0.25, 0.3) is 0 Å². The van der Waals surface area contributed by atoms with E-state index in [0.29, 0.717) is 11.5 Å². The SMILES string of the molecule is O=C(O)c1cc(S(=O)(=O)NC[C@@H]2COc3ccccc3O2)ccc1Cl. The number of halogens is 1. The lowest BCUT2D eigenvalue weighted by atomic mass is 10.2. The Labute approximate surface area is 149 Å². The van der Waals surface area contributed by atoms with Crippen molar-refractivity contribution in [2.75, 3.05) is 13.2 Å². The molecule has 0 fully saturated rings. The second-order valence-corrected chi connectivity index (χ2v) is 7.47. The molecule has 1 aliphatic heterocycles. The van der Waals surface area contributed by atoms with Crippen molar-refractivity contribution in [3.8, 4) is 11.5 Å². The van der Waals surface area contributed by atoms with Gasteiger partial charge in [-0.15, -0.1) is 0 Å². The molecule has 132 valence electrons. The Hall–Kier alpha value is -2.29. The molecule has 1 atom stereocenters. The predicted molar refractivity (Wildman–Crippen MR) is 90.0 cm³/mol.